The Labute approximate surface area is 99.3 Å². The molecule has 2 fully saturated rings. The van der Waals surface area contributed by atoms with Gasteiger partial charge in [-0.05, 0) is 50.6 Å². The van der Waals surface area contributed by atoms with E-state index in [1.165, 1.54) is 38.6 Å². The van der Waals surface area contributed by atoms with Crippen LogP contribution < -0.4 is 10.6 Å². The Morgan fingerprint density at radius 3 is 2.62 bits per heavy atom. The minimum Gasteiger partial charge on any atom is -0.381 e. The Morgan fingerprint density at radius 1 is 1.19 bits per heavy atom. The highest BCUT2D eigenvalue weighted by atomic mass is 16.5. The minimum absolute atomic E-state index is 0.474. The first kappa shape index (κ1) is 12.3. The highest BCUT2D eigenvalue weighted by molar-refractivity contribution is 4.81. The smallest absolute Gasteiger partial charge is 0.0471 e. The van der Waals surface area contributed by atoms with Gasteiger partial charge in [0, 0.05) is 25.8 Å². The van der Waals surface area contributed by atoms with E-state index in [4.69, 9.17) is 4.74 Å². The average Bonchev–Trinajstić information content (AvgIpc) is 3.08. The van der Waals surface area contributed by atoms with E-state index in [2.05, 4.69) is 17.6 Å². The molecule has 1 aliphatic heterocycles. The quantitative estimate of drug-likeness (QED) is 0.646. The highest BCUT2D eigenvalue weighted by Crippen LogP contribution is 2.28. The Bertz CT molecular complexity index is 198. The van der Waals surface area contributed by atoms with Gasteiger partial charge < -0.3 is 15.4 Å². The molecule has 1 heterocycles. The summed E-state index contributed by atoms with van der Waals surface area (Å²) in [6, 6.07) is 0.855. The lowest BCUT2D eigenvalue weighted by molar-refractivity contribution is 0.0242. The topological polar surface area (TPSA) is 33.3 Å². The third kappa shape index (κ3) is 4.40. The summed E-state index contributed by atoms with van der Waals surface area (Å²) in [5.74, 6) is 0. The molecule has 94 valence electrons. The van der Waals surface area contributed by atoms with Crippen LogP contribution in [-0.2, 0) is 4.74 Å². The van der Waals surface area contributed by atoms with E-state index in [0.29, 0.717) is 5.41 Å². The molecule has 2 aliphatic rings. The van der Waals surface area contributed by atoms with Crippen molar-refractivity contribution in [3.8, 4) is 0 Å². The maximum absolute atomic E-state index is 5.41. The van der Waals surface area contributed by atoms with Gasteiger partial charge in [-0.25, -0.2) is 0 Å². The highest BCUT2D eigenvalue weighted by Gasteiger charge is 2.26. The van der Waals surface area contributed by atoms with Crippen molar-refractivity contribution in [3.63, 3.8) is 0 Å². The number of nitrogens with one attached hydrogen (secondary N) is 2. The fraction of sp³-hybridized carbons (Fsp3) is 1.00. The van der Waals surface area contributed by atoms with Crippen molar-refractivity contribution in [2.75, 3.05) is 32.8 Å². The molecule has 0 aromatic heterocycles. The summed E-state index contributed by atoms with van der Waals surface area (Å²) >= 11 is 0. The molecule has 0 unspecified atom stereocenters. The second kappa shape index (κ2) is 5.99. The zero-order valence-electron chi connectivity index (χ0n) is 10.6. The maximum Gasteiger partial charge on any atom is 0.0471 e. The van der Waals surface area contributed by atoms with Crippen LogP contribution in [0, 0.1) is 5.41 Å². The number of hydrogen-bond donors (Lipinski definition) is 2. The van der Waals surface area contributed by atoms with Crippen LogP contribution in [0.25, 0.3) is 0 Å². The van der Waals surface area contributed by atoms with E-state index in [-0.39, 0.29) is 0 Å². The SMILES string of the molecule is CC1(CNCCCNC2CC2)CCOCC1. The van der Waals surface area contributed by atoms with Crippen LogP contribution >= 0.6 is 0 Å². The number of rotatable bonds is 7. The van der Waals surface area contributed by atoms with E-state index >= 15 is 0 Å². The molecule has 0 radical (unpaired) electrons. The van der Waals surface area contributed by atoms with Gasteiger partial charge in [0.2, 0.25) is 0 Å². The molecule has 2 rings (SSSR count). The van der Waals surface area contributed by atoms with Gasteiger partial charge >= 0.3 is 0 Å². The lowest BCUT2D eigenvalue weighted by Crippen LogP contribution is -2.37. The normalized spacial score (nSPS) is 24.6. The summed E-state index contributed by atoms with van der Waals surface area (Å²) in [5.41, 5.74) is 0.474. The van der Waals surface area contributed by atoms with Gasteiger partial charge in [0.25, 0.3) is 0 Å². The summed E-state index contributed by atoms with van der Waals surface area (Å²) in [6.45, 7) is 7.75. The number of hydrogen-bond acceptors (Lipinski definition) is 3. The van der Waals surface area contributed by atoms with Crippen LogP contribution in [0.3, 0.4) is 0 Å². The van der Waals surface area contributed by atoms with Gasteiger partial charge in [-0.3, -0.25) is 0 Å². The molecule has 1 aliphatic carbocycles. The largest absolute Gasteiger partial charge is 0.381 e. The number of ether oxygens (including phenoxy) is 1. The third-order valence-electron chi connectivity index (χ3n) is 3.79. The molecule has 0 spiro atoms. The molecule has 3 nitrogen and oxygen atoms in total. The van der Waals surface area contributed by atoms with E-state index in [1.807, 2.05) is 0 Å². The molecule has 1 saturated heterocycles. The summed E-state index contributed by atoms with van der Waals surface area (Å²) in [6.07, 6.45) is 6.46. The molecular formula is C13H26N2O. The lowest BCUT2D eigenvalue weighted by atomic mass is 9.82. The molecule has 0 aromatic carbocycles. The van der Waals surface area contributed by atoms with Gasteiger partial charge in [0.05, 0.1) is 0 Å². The molecule has 1 saturated carbocycles. The van der Waals surface area contributed by atoms with Crippen molar-refractivity contribution >= 4 is 0 Å². The van der Waals surface area contributed by atoms with Crippen LogP contribution in [0.4, 0.5) is 0 Å². The maximum atomic E-state index is 5.41. The van der Waals surface area contributed by atoms with Gasteiger partial charge in [-0.15, -0.1) is 0 Å². The lowest BCUT2D eigenvalue weighted by Gasteiger charge is -2.33. The Balaban J connectivity index is 1.46. The molecular weight excluding hydrogens is 200 g/mol. The van der Waals surface area contributed by atoms with Crippen LogP contribution in [-0.4, -0.2) is 38.9 Å². The van der Waals surface area contributed by atoms with Gasteiger partial charge in [-0.2, -0.15) is 0 Å². The first-order valence-electron chi connectivity index (χ1n) is 6.80. The Morgan fingerprint density at radius 2 is 1.94 bits per heavy atom. The fourth-order valence-electron chi connectivity index (χ4n) is 2.24. The molecule has 0 bridgehead atoms. The third-order valence-corrected chi connectivity index (χ3v) is 3.79. The Hall–Kier alpha value is -0.120. The first-order valence-corrected chi connectivity index (χ1v) is 6.80. The van der Waals surface area contributed by atoms with Gasteiger partial charge in [0.1, 0.15) is 0 Å². The summed E-state index contributed by atoms with van der Waals surface area (Å²) < 4.78 is 5.41. The second-order valence-electron chi connectivity index (χ2n) is 5.68. The predicted octanol–water partition coefficient (Wildman–Crippen LogP) is 1.53. The van der Waals surface area contributed by atoms with Crippen LogP contribution in [0.15, 0.2) is 0 Å². The molecule has 0 aromatic rings. The van der Waals surface area contributed by atoms with Crippen LogP contribution in [0.2, 0.25) is 0 Å². The van der Waals surface area contributed by atoms with Crippen molar-refractivity contribution in [3.05, 3.63) is 0 Å². The fourth-order valence-corrected chi connectivity index (χ4v) is 2.24. The van der Waals surface area contributed by atoms with Crippen LogP contribution in [0.1, 0.15) is 39.0 Å². The second-order valence-corrected chi connectivity index (χ2v) is 5.68. The van der Waals surface area contributed by atoms with Crippen LogP contribution in [0.5, 0.6) is 0 Å². The van der Waals surface area contributed by atoms with Crippen molar-refractivity contribution in [2.45, 2.75) is 45.1 Å². The standard InChI is InChI=1S/C13H26N2O/c1-13(5-9-16-10-6-13)11-14-7-2-8-15-12-3-4-12/h12,14-15H,2-11H2,1H3. The van der Waals surface area contributed by atoms with Crippen molar-refractivity contribution in [2.24, 2.45) is 5.41 Å². The monoisotopic (exact) mass is 226 g/mol. The van der Waals surface area contributed by atoms with E-state index in [1.54, 1.807) is 0 Å². The van der Waals surface area contributed by atoms with E-state index in [9.17, 15) is 0 Å². The first-order chi connectivity index (χ1) is 7.79. The summed E-state index contributed by atoms with van der Waals surface area (Å²) in [7, 11) is 0. The van der Waals surface area contributed by atoms with E-state index < -0.39 is 0 Å². The Kier molecular flexibility index (Phi) is 4.62. The van der Waals surface area contributed by atoms with Crippen molar-refractivity contribution < 1.29 is 4.74 Å². The van der Waals surface area contributed by atoms with Crippen molar-refractivity contribution in [1.82, 2.24) is 10.6 Å². The molecule has 3 heteroatoms. The molecule has 16 heavy (non-hydrogen) atoms. The molecule has 2 N–H and O–H groups in total. The van der Waals surface area contributed by atoms with Crippen molar-refractivity contribution in [1.29, 1.82) is 0 Å². The average molecular weight is 226 g/mol. The predicted molar refractivity (Wildman–Crippen MR) is 66.7 cm³/mol. The summed E-state index contributed by atoms with van der Waals surface area (Å²) in [4.78, 5) is 0. The zero-order chi connectivity index (χ0) is 11.3. The summed E-state index contributed by atoms with van der Waals surface area (Å²) in [5, 5.41) is 7.14. The molecule has 0 atom stereocenters. The zero-order valence-corrected chi connectivity index (χ0v) is 10.6. The van der Waals surface area contributed by atoms with Gasteiger partial charge in [-0.1, -0.05) is 6.92 Å². The van der Waals surface area contributed by atoms with E-state index in [0.717, 1.165) is 32.3 Å². The molecule has 0 amide bonds. The minimum atomic E-state index is 0.474. The van der Waals surface area contributed by atoms with Gasteiger partial charge in [0.15, 0.2) is 0 Å².